The van der Waals surface area contributed by atoms with E-state index in [0.717, 1.165) is 25.7 Å². The Morgan fingerprint density at radius 3 is 2.41 bits per heavy atom. The highest BCUT2D eigenvalue weighted by molar-refractivity contribution is 5.83. The summed E-state index contributed by atoms with van der Waals surface area (Å²) in [6, 6.07) is 0. The van der Waals surface area contributed by atoms with Crippen LogP contribution in [0, 0.1) is 5.92 Å². The molecule has 0 aromatic heterocycles. The van der Waals surface area contributed by atoms with Gasteiger partial charge in [-0.3, -0.25) is 0 Å². The molecule has 0 spiro atoms. The summed E-state index contributed by atoms with van der Waals surface area (Å²) in [6.07, 6.45) is -0.925. The van der Waals surface area contributed by atoms with Crippen LogP contribution in [-0.4, -0.2) is 29.3 Å². The lowest BCUT2D eigenvalue weighted by molar-refractivity contribution is -0.156. The number of nitrogens with one attached hydrogen (secondary N) is 1. The fourth-order valence-corrected chi connectivity index (χ4v) is 2.04. The molecule has 0 aromatic carbocycles. The van der Waals surface area contributed by atoms with Gasteiger partial charge < -0.3 is 16.3 Å². The van der Waals surface area contributed by atoms with Crippen molar-refractivity contribution >= 4 is 5.84 Å². The summed E-state index contributed by atoms with van der Waals surface area (Å²) in [5.41, 5.74) is 4.88. The molecule has 1 rings (SSSR count). The van der Waals surface area contributed by atoms with Crippen LogP contribution in [0.15, 0.2) is 5.16 Å². The van der Waals surface area contributed by atoms with Crippen LogP contribution < -0.4 is 11.1 Å². The molecule has 4 N–H and O–H groups in total. The van der Waals surface area contributed by atoms with Gasteiger partial charge in [0.1, 0.15) is 5.92 Å². The summed E-state index contributed by atoms with van der Waals surface area (Å²) in [5, 5.41) is 13.7. The second-order valence-corrected chi connectivity index (χ2v) is 4.49. The highest BCUT2D eigenvalue weighted by Crippen LogP contribution is 2.35. The smallest absolute Gasteiger partial charge is 0.400 e. The van der Waals surface area contributed by atoms with Crippen molar-refractivity contribution in [3.8, 4) is 0 Å². The first kappa shape index (κ1) is 14.1. The number of halogens is 3. The number of nitrogens with zero attached hydrogens (tertiary/aromatic N) is 1. The van der Waals surface area contributed by atoms with E-state index in [-0.39, 0.29) is 12.1 Å². The molecule has 1 aliphatic rings. The molecule has 0 saturated heterocycles. The van der Waals surface area contributed by atoms with E-state index in [1.807, 2.05) is 6.92 Å². The molecular weight excluding hydrogens is 235 g/mol. The molecule has 0 bridgehead atoms. The fourth-order valence-electron chi connectivity index (χ4n) is 2.04. The Bertz CT molecular complexity index is 282. The molecule has 0 heterocycles. The van der Waals surface area contributed by atoms with E-state index in [4.69, 9.17) is 10.9 Å². The van der Waals surface area contributed by atoms with E-state index in [0.29, 0.717) is 0 Å². The summed E-state index contributed by atoms with van der Waals surface area (Å²) in [7, 11) is 0. The first-order chi connectivity index (χ1) is 7.84. The van der Waals surface area contributed by atoms with Gasteiger partial charge in [0.05, 0.1) is 0 Å². The highest BCUT2D eigenvalue weighted by Gasteiger charge is 2.44. The Labute approximate surface area is 98.0 Å². The quantitative estimate of drug-likeness (QED) is 0.303. The third-order valence-electron chi connectivity index (χ3n) is 3.54. The predicted octanol–water partition coefficient (Wildman–Crippen LogP) is 1.83. The van der Waals surface area contributed by atoms with Crippen molar-refractivity contribution in [1.82, 2.24) is 5.32 Å². The molecular formula is C10H18F3N3O. The van der Waals surface area contributed by atoms with Crippen molar-refractivity contribution in [2.75, 3.05) is 6.54 Å². The first-order valence-electron chi connectivity index (χ1n) is 5.64. The average Bonchev–Trinajstić information content (AvgIpc) is 2.19. The summed E-state index contributed by atoms with van der Waals surface area (Å²) in [4.78, 5) is 0. The van der Waals surface area contributed by atoms with Gasteiger partial charge >= 0.3 is 6.18 Å². The fraction of sp³-hybridized carbons (Fsp3) is 0.900. The topological polar surface area (TPSA) is 70.6 Å². The van der Waals surface area contributed by atoms with Gasteiger partial charge in [-0.2, -0.15) is 13.2 Å². The number of rotatable bonds is 5. The molecule has 1 unspecified atom stereocenters. The Balaban J connectivity index is 2.62. The van der Waals surface area contributed by atoms with Gasteiger partial charge in [0.2, 0.25) is 0 Å². The van der Waals surface area contributed by atoms with Crippen LogP contribution in [0.5, 0.6) is 0 Å². The van der Waals surface area contributed by atoms with Crippen LogP contribution in [0.1, 0.15) is 32.6 Å². The maximum absolute atomic E-state index is 12.6. The minimum atomic E-state index is -4.50. The van der Waals surface area contributed by atoms with Crippen molar-refractivity contribution in [2.24, 2.45) is 16.8 Å². The second-order valence-electron chi connectivity index (χ2n) is 4.49. The zero-order chi connectivity index (χ0) is 13.1. The van der Waals surface area contributed by atoms with Crippen LogP contribution in [0.2, 0.25) is 0 Å². The Kier molecular flexibility index (Phi) is 4.24. The van der Waals surface area contributed by atoms with Gasteiger partial charge in [0, 0.05) is 12.1 Å². The van der Waals surface area contributed by atoms with Crippen molar-refractivity contribution in [3.05, 3.63) is 0 Å². The van der Waals surface area contributed by atoms with E-state index in [9.17, 15) is 13.2 Å². The number of hydrogen-bond acceptors (Lipinski definition) is 3. The lowest BCUT2D eigenvalue weighted by Gasteiger charge is -2.43. The standard InChI is InChI=1S/C10H18F3N3O/c1-2-9(4-3-5-9)15-6-7(8(14)16-17)10(11,12)13/h7,15,17H,2-6H2,1H3,(H2,14,16). The second kappa shape index (κ2) is 5.12. The SMILES string of the molecule is CCC1(NCC(C(N)=NO)C(F)(F)F)CCC1. The van der Waals surface area contributed by atoms with Gasteiger partial charge in [0.15, 0.2) is 5.84 Å². The molecule has 7 heteroatoms. The largest absolute Gasteiger partial charge is 0.409 e. The Morgan fingerprint density at radius 1 is 1.53 bits per heavy atom. The lowest BCUT2D eigenvalue weighted by Crippen LogP contribution is -2.55. The van der Waals surface area contributed by atoms with Gasteiger partial charge in [-0.05, 0) is 25.7 Å². The van der Waals surface area contributed by atoms with Crippen LogP contribution in [0.25, 0.3) is 0 Å². The summed E-state index contributed by atoms with van der Waals surface area (Å²) in [6.45, 7) is 1.60. The molecule has 1 fully saturated rings. The lowest BCUT2D eigenvalue weighted by atomic mass is 9.74. The van der Waals surface area contributed by atoms with E-state index < -0.39 is 17.9 Å². The maximum Gasteiger partial charge on any atom is 0.400 e. The van der Waals surface area contributed by atoms with Crippen LogP contribution in [0.3, 0.4) is 0 Å². The average molecular weight is 253 g/mol. The van der Waals surface area contributed by atoms with Crippen LogP contribution >= 0.6 is 0 Å². The molecule has 1 aliphatic carbocycles. The molecule has 0 radical (unpaired) electrons. The molecule has 100 valence electrons. The minimum Gasteiger partial charge on any atom is -0.409 e. The van der Waals surface area contributed by atoms with E-state index in [2.05, 4.69) is 10.5 Å². The Morgan fingerprint density at radius 2 is 2.12 bits per heavy atom. The van der Waals surface area contributed by atoms with Crippen molar-refractivity contribution in [2.45, 2.75) is 44.3 Å². The van der Waals surface area contributed by atoms with Gasteiger partial charge in [-0.15, -0.1) is 0 Å². The first-order valence-corrected chi connectivity index (χ1v) is 5.64. The number of amidine groups is 1. The maximum atomic E-state index is 12.6. The minimum absolute atomic E-state index is 0.195. The number of oxime groups is 1. The number of nitrogens with two attached hydrogens (primary N) is 1. The third-order valence-corrected chi connectivity index (χ3v) is 3.54. The molecule has 1 saturated carbocycles. The highest BCUT2D eigenvalue weighted by atomic mass is 19.4. The van der Waals surface area contributed by atoms with Gasteiger partial charge in [-0.1, -0.05) is 12.1 Å². The van der Waals surface area contributed by atoms with Crippen molar-refractivity contribution < 1.29 is 18.4 Å². The van der Waals surface area contributed by atoms with E-state index >= 15 is 0 Å². The monoisotopic (exact) mass is 253 g/mol. The normalized spacial score (nSPS) is 22.0. The summed E-state index contributed by atoms with van der Waals surface area (Å²) < 4.78 is 37.9. The van der Waals surface area contributed by atoms with Crippen LogP contribution in [0.4, 0.5) is 13.2 Å². The molecule has 0 aromatic rings. The van der Waals surface area contributed by atoms with E-state index in [1.54, 1.807) is 0 Å². The van der Waals surface area contributed by atoms with Crippen LogP contribution in [-0.2, 0) is 0 Å². The van der Waals surface area contributed by atoms with Gasteiger partial charge in [0.25, 0.3) is 0 Å². The Hall–Kier alpha value is -0.980. The van der Waals surface area contributed by atoms with Crippen molar-refractivity contribution in [1.29, 1.82) is 0 Å². The van der Waals surface area contributed by atoms with Gasteiger partial charge in [-0.25, -0.2) is 0 Å². The predicted molar refractivity (Wildman–Crippen MR) is 57.8 cm³/mol. The molecule has 0 aliphatic heterocycles. The molecule has 0 amide bonds. The van der Waals surface area contributed by atoms with Crippen molar-refractivity contribution in [3.63, 3.8) is 0 Å². The zero-order valence-corrected chi connectivity index (χ0v) is 9.72. The molecule has 1 atom stereocenters. The summed E-state index contributed by atoms with van der Waals surface area (Å²) in [5.74, 6) is -2.73. The number of alkyl halides is 3. The zero-order valence-electron chi connectivity index (χ0n) is 9.72. The molecule has 4 nitrogen and oxygen atoms in total. The summed E-state index contributed by atoms with van der Waals surface area (Å²) >= 11 is 0. The molecule has 17 heavy (non-hydrogen) atoms. The number of hydrogen-bond donors (Lipinski definition) is 3. The van der Waals surface area contributed by atoms with E-state index in [1.165, 1.54) is 0 Å². The third kappa shape index (κ3) is 3.24.